The van der Waals surface area contributed by atoms with Crippen molar-refractivity contribution in [2.75, 3.05) is 33.2 Å². The fraction of sp³-hybridized carbons (Fsp3) is 0.923. The number of hydrogen-bond donors (Lipinski definition) is 2. The van der Waals surface area contributed by atoms with Gasteiger partial charge in [0.1, 0.15) is 0 Å². The second-order valence-electron chi connectivity index (χ2n) is 5.73. The zero-order valence-corrected chi connectivity index (χ0v) is 10.9. The summed E-state index contributed by atoms with van der Waals surface area (Å²) in [6.07, 6.45) is 5.99. The molecule has 0 bridgehead atoms. The summed E-state index contributed by atoms with van der Waals surface area (Å²) in [5, 5.41) is 2.77. The van der Waals surface area contributed by atoms with Crippen LogP contribution in [0, 0.1) is 11.3 Å². The summed E-state index contributed by atoms with van der Waals surface area (Å²) in [7, 11) is 1.73. The van der Waals surface area contributed by atoms with Crippen LogP contribution in [-0.2, 0) is 4.79 Å². The number of nitrogens with two attached hydrogens (primary N) is 1. The zero-order chi connectivity index (χ0) is 12.3. The third-order valence-electron chi connectivity index (χ3n) is 4.31. The van der Waals surface area contributed by atoms with Crippen LogP contribution >= 0.6 is 0 Å². The summed E-state index contributed by atoms with van der Waals surface area (Å²) in [6.45, 7) is 4.04. The molecule has 1 saturated carbocycles. The number of hydrogen-bond acceptors (Lipinski definition) is 3. The highest BCUT2D eigenvalue weighted by atomic mass is 16.1. The van der Waals surface area contributed by atoms with E-state index in [-0.39, 0.29) is 11.8 Å². The van der Waals surface area contributed by atoms with Gasteiger partial charge < -0.3 is 16.0 Å². The van der Waals surface area contributed by atoms with Crippen molar-refractivity contribution in [2.45, 2.75) is 32.1 Å². The standard InChI is InChI=1S/C13H25N3O/c1-15-12(17)11-3-2-8-16(9-11)10-13(4-5-13)6-7-14/h11H,2-10,14H2,1H3,(H,15,17). The fourth-order valence-electron chi connectivity index (χ4n) is 3.06. The highest BCUT2D eigenvalue weighted by Crippen LogP contribution is 2.49. The predicted octanol–water partition coefficient (Wildman–Crippen LogP) is 0.573. The Hall–Kier alpha value is -0.610. The number of likely N-dealkylation sites (tertiary alicyclic amines) is 1. The normalized spacial score (nSPS) is 27.8. The van der Waals surface area contributed by atoms with Crippen molar-refractivity contribution in [2.24, 2.45) is 17.1 Å². The van der Waals surface area contributed by atoms with E-state index in [9.17, 15) is 4.79 Å². The number of carbonyl (C=O) groups excluding carboxylic acids is 1. The van der Waals surface area contributed by atoms with Gasteiger partial charge in [-0.15, -0.1) is 0 Å². The van der Waals surface area contributed by atoms with Crippen LogP contribution in [0.1, 0.15) is 32.1 Å². The van der Waals surface area contributed by atoms with Crippen molar-refractivity contribution in [3.63, 3.8) is 0 Å². The van der Waals surface area contributed by atoms with E-state index in [2.05, 4.69) is 10.2 Å². The maximum Gasteiger partial charge on any atom is 0.224 e. The highest BCUT2D eigenvalue weighted by molar-refractivity contribution is 5.78. The van der Waals surface area contributed by atoms with E-state index < -0.39 is 0 Å². The molecule has 98 valence electrons. The number of nitrogens with zero attached hydrogens (tertiary/aromatic N) is 1. The molecule has 1 atom stereocenters. The highest BCUT2D eigenvalue weighted by Gasteiger charge is 2.43. The largest absolute Gasteiger partial charge is 0.359 e. The lowest BCUT2D eigenvalue weighted by Crippen LogP contribution is -2.44. The van der Waals surface area contributed by atoms with Gasteiger partial charge in [0.15, 0.2) is 0 Å². The Morgan fingerprint density at radius 3 is 2.88 bits per heavy atom. The molecule has 0 aromatic carbocycles. The quantitative estimate of drug-likeness (QED) is 0.737. The molecule has 0 radical (unpaired) electrons. The number of carbonyl (C=O) groups is 1. The first-order chi connectivity index (χ1) is 8.19. The van der Waals surface area contributed by atoms with E-state index in [0.717, 1.165) is 45.4 Å². The van der Waals surface area contributed by atoms with Gasteiger partial charge >= 0.3 is 0 Å². The molecule has 0 aromatic rings. The minimum atomic E-state index is 0.197. The molecule has 2 aliphatic rings. The molecule has 0 spiro atoms. The Balaban J connectivity index is 1.83. The van der Waals surface area contributed by atoms with Crippen LogP contribution in [0.2, 0.25) is 0 Å². The summed E-state index contributed by atoms with van der Waals surface area (Å²) >= 11 is 0. The molecule has 2 fully saturated rings. The smallest absolute Gasteiger partial charge is 0.224 e. The number of rotatable bonds is 5. The van der Waals surface area contributed by atoms with Crippen LogP contribution in [0.4, 0.5) is 0 Å². The molecule has 1 amide bonds. The van der Waals surface area contributed by atoms with E-state index in [4.69, 9.17) is 5.73 Å². The average Bonchev–Trinajstić information content (AvgIpc) is 3.08. The van der Waals surface area contributed by atoms with Crippen molar-refractivity contribution in [1.82, 2.24) is 10.2 Å². The molecule has 1 unspecified atom stereocenters. The van der Waals surface area contributed by atoms with Crippen molar-refractivity contribution < 1.29 is 4.79 Å². The van der Waals surface area contributed by atoms with Crippen LogP contribution < -0.4 is 11.1 Å². The summed E-state index contributed by atoms with van der Waals surface area (Å²) in [4.78, 5) is 14.1. The van der Waals surface area contributed by atoms with Gasteiger partial charge in [-0.05, 0) is 50.6 Å². The topological polar surface area (TPSA) is 58.4 Å². The molecule has 3 N–H and O–H groups in total. The lowest BCUT2D eigenvalue weighted by Gasteiger charge is -2.34. The first kappa shape index (κ1) is 12.8. The van der Waals surface area contributed by atoms with Crippen LogP contribution in [-0.4, -0.2) is 44.0 Å². The van der Waals surface area contributed by atoms with Gasteiger partial charge in [-0.1, -0.05) is 0 Å². The van der Waals surface area contributed by atoms with E-state index in [0.29, 0.717) is 5.41 Å². The van der Waals surface area contributed by atoms with Crippen molar-refractivity contribution >= 4 is 5.91 Å². The van der Waals surface area contributed by atoms with Gasteiger partial charge in [0.2, 0.25) is 5.91 Å². The average molecular weight is 239 g/mol. The molecule has 2 rings (SSSR count). The Morgan fingerprint density at radius 1 is 1.53 bits per heavy atom. The third-order valence-corrected chi connectivity index (χ3v) is 4.31. The molecule has 4 nitrogen and oxygen atoms in total. The molecule has 17 heavy (non-hydrogen) atoms. The number of nitrogens with one attached hydrogen (secondary N) is 1. The Morgan fingerprint density at radius 2 is 2.29 bits per heavy atom. The zero-order valence-electron chi connectivity index (χ0n) is 10.9. The lowest BCUT2D eigenvalue weighted by atomic mass is 9.94. The number of amides is 1. The minimum absolute atomic E-state index is 0.197. The molecule has 4 heteroatoms. The summed E-state index contributed by atoms with van der Waals surface area (Å²) in [5.41, 5.74) is 6.17. The third kappa shape index (κ3) is 3.19. The summed E-state index contributed by atoms with van der Waals surface area (Å²) < 4.78 is 0. The van der Waals surface area contributed by atoms with Gasteiger partial charge in [0, 0.05) is 20.1 Å². The second kappa shape index (κ2) is 5.36. The molecular formula is C13H25N3O. The van der Waals surface area contributed by atoms with E-state index in [1.54, 1.807) is 7.05 Å². The van der Waals surface area contributed by atoms with E-state index >= 15 is 0 Å². The maximum absolute atomic E-state index is 11.7. The van der Waals surface area contributed by atoms with E-state index in [1.807, 2.05) is 0 Å². The minimum Gasteiger partial charge on any atom is -0.359 e. The molecular weight excluding hydrogens is 214 g/mol. The van der Waals surface area contributed by atoms with Crippen molar-refractivity contribution in [1.29, 1.82) is 0 Å². The van der Waals surface area contributed by atoms with Crippen molar-refractivity contribution in [3.05, 3.63) is 0 Å². The lowest BCUT2D eigenvalue weighted by molar-refractivity contribution is -0.126. The maximum atomic E-state index is 11.7. The van der Waals surface area contributed by atoms with Gasteiger partial charge in [-0.25, -0.2) is 0 Å². The van der Waals surface area contributed by atoms with Crippen molar-refractivity contribution in [3.8, 4) is 0 Å². The number of piperidine rings is 1. The first-order valence-electron chi connectivity index (χ1n) is 6.83. The Kier molecular flexibility index (Phi) is 4.05. The van der Waals surface area contributed by atoms with Gasteiger partial charge in [0.25, 0.3) is 0 Å². The van der Waals surface area contributed by atoms with Crippen LogP contribution in [0.25, 0.3) is 0 Å². The molecule has 0 aromatic heterocycles. The van der Waals surface area contributed by atoms with Gasteiger partial charge in [0.05, 0.1) is 5.92 Å². The molecule has 1 aliphatic carbocycles. The van der Waals surface area contributed by atoms with E-state index in [1.165, 1.54) is 12.8 Å². The summed E-state index contributed by atoms with van der Waals surface area (Å²) in [5.74, 6) is 0.404. The van der Waals surface area contributed by atoms with Crippen LogP contribution in [0.3, 0.4) is 0 Å². The van der Waals surface area contributed by atoms with Crippen LogP contribution in [0.5, 0.6) is 0 Å². The monoisotopic (exact) mass is 239 g/mol. The first-order valence-corrected chi connectivity index (χ1v) is 6.83. The molecule has 1 saturated heterocycles. The molecule has 1 heterocycles. The Labute approximate surface area is 104 Å². The van der Waals surface area contributed by atoms with Gasteiger partial charge in [-0.3, -0.25) is 4.79 Å². The second-order valence-corrected chi connectivity index (χ2v) is 5.73. The predicted molar refractivity (Wildman–Crippen MR) is 68.6 cm³/mol. The van der Waals surface area contributed by atoms with Crippen LogP contribution in [0.15, 0.2) is 0 Å². The van der Waals surface area contributed by atoms with Gasteiger partial charge in [-0.2, -0.15) is 0 Å². The molecule has 1 aliphatic heterocycles. The Bertz CT molecular complexity index is 276. The fourth-order valence-corrected chi connectivity index (χ4v) is 3.06. The summed E-state index contributed by atoms with van der Waals surface area (Å²) in [6, 6.07) is 0. The SMILES string of the molecule is CNC(=O)C1CCCN(CC2(CCN)CC2)C1.